The number of hydrogen-bond acceptors (Lipinski definition) is 6. The maximum absolute atomic E-state index is 12.1. The lowest BCUT2D eigenvalue weighted by molar-refractivity contribution is -0.189. The molecule has 3 saturated carbocycles. The molecule has 3 fully saturated rings. The molecule has 0 heterocycles. The largest absolute Gasteiger partial charge is 0.459 e. The van der Waals surface area contributed by atoms with Crippen LogP contribution in [-0.4, -0.2) is 50.8 Å². The average molecular weight is 537 g/mol. The molecule has 8 atom stereocenters. The van der Waals surface area contributed by atoms with Gasteiger partial charge in [-0.1, -0.05) is 46.8 Å². The first-order valence-electron chi connectivity index (χ1n) is 14.2. The smallest absolute Gasteiger partial charge is 0.303 e. The van der Waals surface area contributed by atoms with Gasteiger partial charge >= 0.3 is 11.9 Å². The van der Waals surface area contributed by atoms with E-state index < -0.39 is 20.5 Å². The first-order valence-corrected chi connectivity index (χ1v) is 17.1. The summed E-state index contributed by atoms with van der Waals surface area (Å²) in [6, 6.07) is 0. The van der Waals surface area contributed by atoms with Gasteiger partial charge in [0, 0.05) is 27.1 Å². The molecule has 7 heteroatoms. The fraction of sp³-hybridized carbons (Fsp3) is 0.867. The van der Waals surface area contributed by atoms with Gasteiger partial charge in [0.25, 0.3) is 0 Å². The van der Waals surface area contributed by atoms with Gasteiger partial charge < -0.3 is 19.0 Å². The Morgan fingerprint density at radius 1 is 1.05 bits per heavy atom. The van der Waals surface area contributed by atoms with E-state index in [1.54, 1.807) is 0 Å². The van der Waals surface area contributed by atoms with Crippen molar-refractivity contribution in [3.05, 3.63) is 12.2 Å². The molecule has 0 radical (unpaired) electrons. The number of hydrogen-bond donors (Lipinski definition) is 1. The zero-order valence-corrected chi connectivity index (χ0v) is 25.8. The third-order valence-corrected chi connectivity index (χ3v) is 15.5. The van der Waals surface area contributed by atoms with Crippen molar-refractivity contribution in [3.63, 3.8) is 0 Å². The molecule has 2 unspecified atom stereocenters. The molecule has 3 aliphatic carbocycles. The van der Waals surface area contributed by atoms with E-state index >= 15 is 0 Å². The van der Waals surface area contributed by atoms with Crippen LogP contribution in [0.5, 0.6) is 0 Å². The Hall–Kier alpha value is -1.18. The van der Waals surface area contributed by atoms with Gasteiger partial charge in [0.05, 0.1) is 0 Å². The zero-order valence-electron chi connectivity index (χ0n) is 24.8. The van der Waals surface area contributed by atoms with E-state index in [1.165, 1.54) is 19.4 Å². The third-order valence-electron chi connectivity index (χ3n) is 11.0. The quantitative estimate of drug-likeness (QED) is 0.234. The normalized spacial score (nSPS) is 38.7. The Morgan fingerprint density at radius 2 is 1.65 bits per heavy atom. The molecule has 0 aromatic carbocycles. The number of ether oxygens (including phenoxy) is 2. The van der Waals surface area contributed by atoms with Gasteiger partial charge in [0.2, 0.25) is 0 Å². The van der Waals surface area contributed by atoms with E-state index in [2.05, 4.69) is 54.3 Å². The van der Waals surface area contributed by atoms with Crippen LogP contribution >= 0.6 is 0 Å². The Bertz CT molecular complexity index is 878. The molecule has 0 aromatic heterocycles. The monoisotopic (exact) mass is 536 g/mol. The van der Waals surface area contributed by atoms with Crippen molar-refractivity contribution in [1.29, 1.82) is 0 Å². The van der Waals surface area contributed by atoms with Crippen LogP contribution in [0.25, 0.3) is 0 Å². The topological polar surface area (TPSA) is 82.1 Å². The summed E-state index contributed by atoms with van der Waals surface area (Å²) < 4.78 is 18.3. The Morgan fingerprint density at radius 3 is 2.19 bits per heavy atom. The molecule has 0 spiro atoms. The molecule has 1 N–H and O–H groups in total. The maximum Gasteiger partial charge on any atom is 0.303 e. The molecule has 3 aliphatic rings. The summed E-state index contributed by atoms with van der Waals surface area (Å²) in [4.78, 5) is 24.1. The predicted molar refractivity (Wildman–Crippen MR) is 148 cm³/mol. The molecule has 0 aromatic rings. The highest BCUT2D eigenvalue weighted by Crippen LogP contribution is 2.63. The molecule has 3 rings (SSSR count). The molecule has 6 nitrogen and oxygen atoms in total. The van der Waals surface area contributed by atoms with Gasteiger partial charge in [-0.15, -0.1) is 0 Å². The molecular formula is C30H52O6Si. The van der Waals surface area contributed by atoms with Gasteiger partial charge in [-0.25, -0.2) is 0 Å². The summed E-state index contributed by atoms with van der Waals surface area (Å²) in [6.07, 6.45) is 4.36. The van der Waals surface area contributed by atoms with E-state index in [0.29, 0.717) is 25.4 Å². The minimum Gasteiger partial charge on any atom is -0.459 e. The first-order chi connectivity index (χ1) is 17.0. The first kappa shape index (κ1) is 30.4. The van der Waals surface area contributed by atoms with Crippen molar-refractivity contribution in [3.8, 4) is 0 Å². The van der Waals surface area contributed by atoms with Crippen molar-refractivity contribution in [2.24, 2.45) is 34.5 Å². The summed E-state index contributed by atoms with van der Waals surface area (Å²) >= 11 is 0. The lowest BCUT2D eigenvalue weighted by Crippen LogP contribution is -2.57. The number of aliphatic hydroxyl groups excluding tert-OH is 1. The van der Waals surface area contributed by atoms with Gasteiger partial charge in [-0.2, -0.15) is 0 Å². The second-order valence-corrected chi connectivity index (χ2v) is 19.0. The second-order valence-electron chi connectivity index (χ2n) is 14.2. The van der Waals surface area contributed by atoms with Crippen LogP contribution in [0.2, 0.25) is 18.1 Å². The lowest BCUT2D eigenvalue weighted by atomic mass is 9.49. The average Bonchev–Trinajstić information content (AvgIpc) is 3.07. The number of esters is 2. The molecular weight excluding hydrogens is 484 g/mol. The second kappa shape index (κ2) is 10.8. The molecule has 212 valence electrons. The fourth-order valence-electron chi connectivity index (χ4n) is 7.61. The maximum atomic E-state index is 12.1. The SMILES string of the molecule is C=C1CCC2[C@H](CO)C([C@@]3(C)C[C@@H](OC(C)=O)[C@@H](OC(C)=O)C[C@@H]3CO[Si](C)(C)C(C)(C)C)CC[C@]12C. The zero-order chi connectivity index (χ0) is 28.0. The summed E-state index contributed by atoms with van der Waals surface area (Å²) in [6.45, 7) is 23.9. The van der Waals surface area contributed by atoms with Gasteiger partial charge in [0.1, 0.15) is 12.2 Å². The third kappa shape index (κ3) is 5.89. The van der Waals surface area contributed by atoms with Crippen LogP contribution in [0.1, 0.15) is 87.0 Å². The molecule has 0 bridgehead atoms. The van der Waals surface area contributed by atoms with Crippen LogP contribution in [-0.2, 0) is 23.5 Å². The minimum atomic E-state index is -2.02. The van der Waals surface area contributed by atoms with Gasteiger partial charge in [0.15, 0.2) is 8.32 Å². The van der Waals surface area contributed by atoms with E-state index in [-0.39, 0.29) is 52.2 Å². The van der Waals surface area contributed by atoms with E-state index in [9.17, 15) is 14.7 Å². The molecule has 0 amide bonds. The Labute approximate surface area is 226 Å². The molecule has 37 heavy (non-hydrogen) atoms. The summed E-state index contributed by atoms with van der Waals surface area (Å²) in [5.74, 6) is 0.211. The van der Waals surface area contributed by atoms with Crippen molar-refractivity contribution in [2.75, 3.05) is 13.2 Å². The highest BCUT2D eigenvalue weighted by atomic mass is 28.4. The molecule has 0 aliphatic heterocycles. The highest BCUT2D eigenvalue weighted by molar-refractivity contribution is 6.74. The predicted octanol–water partition coefficient (Wildman–Crippen LogP) is 6.28. The summed E-state index contributed by atoms with van der Waals surface area (Å²) in [5, 5.41) is 10.9. The lowest BCUT2D eigenvalue weighted by Gasteiger charge is -2.58. The van der Waals surface area contributed by atoms with Gasteiger partial charge in [-0.3, -0.25) is 9.59 Å². The van der Waals surface area contributed by atoms with Gasteiger partial charge in [-0.05, 0) is 91.2 Å². The minimum absolute atomic E-state index is 0.0810. The Kier molecular flexibility index (Phi) is 8.83. The number of carbonyl (C=O) groups excluding carboxylic acids is 2. The van der Waals surface area contributed by atoms with Crippen LogP contribution in [0.15, 0.2) is 12.2 Å². The van der Waals surface area contributed by atoms with Crippen LogP contribution in [0, 0.1) is 34.5 Å². The van der Waals surface area contributed by atoms with Crippen molar-refractivity contribution in [2.45, 2.75) is 117 Å². The highest BCUT2D eigenvalue weighted by Gasteiger charge is 2.59. The van der Waals surface area contributed by atoms with E-state index in [0.717, 1.165) is 25.7 Å². The molecule has 0 saturated heterocycles. The summed E-state index contributed by atoms with van der Waals surface area (Å²) in [5.41, 5.74) is 1.17. The number of carbonyl (C=O) groups is 2. The Balaban J connectivity index is 2.00. The van der Waals surface area contributed by atoms with Crippen LogP contribution < -0.4 is 0 Å². The number of aliphatic hydroxyl groups is 1. The van der Waals surface area contributed by atoms with Crippen LogP contribution in [0.3, 0.4) is 0 Å². The number of fused-ring (bicyclic) bond motifs is 1. The van der Waals surface area contributed by atoms with E-state index in [1.807, 2.05) is 0 Å². The van der Waals surface area contributed by atoms with Crippen molar-refractivity contribution in [1.82, 2.24) is 0 Å². The summed E-state index contributed by atoms with van der Waals surface area (Å²) in [7, 11) is -2.02. The van der Waals surface area contributed by atoms with Crippen molar-refractivity contribution >= 4 is 20.3 Å². The van der Waals surface area contributed by atoms with Crippen molar-refractivity contribution < 1.29 is 28.6 Å². The van der Waals surface area contributed by atoms with Crippen LogP contribution in [0.4, 0.5) is 0 Å². The standard InChI is InChI=1S/C30H52O6Si/c1-19-11-12-24-23(17-31)25(13-14-29(19,24)7)30(8)16-27(36-21(3)33)26(35-20(2)32)15-22(30)18-34-37(9,10)28(4,5)6/h22-27,31H,1,11-18H2,2-10H3/t22-,23+,24?,25?,26+,27-,29-,30+/m1/s1. The number of allylic oxidation sites excluding steroid dienone is 1. The van der Waals surface area contributed by atoms with E-state index in [4.69, 9.17) is 13.9 Å². The fourth-order valence-corrected chi connectivity index (χ4v) is 8.66. The number of rotatable bonds is 7.